The summed E-state index contributed by atoms with van der Waals surface area (Å²) in [5, 5.41) is 9.41. The van der Waals surface area contributed by atoms with Crippen molar-refractivity contribution in [2.24, 2.45) is 5.10 Å². The van der Waals surface area contributed by atoms with Gasteiger partial charge in [0.25, 0.3) is 5.91 Å². The summed E-state index contributed by atoms with van der Waals surface area (Å²) in [6.45, 7) is 0.168. The zero-order valence-electron chi connectivity index (χ0n) is 13.9. The third-order valence-electron chi connectivity index (χ3n) is 3.72. The minimum Gasteiger partial charge on any atom is -0.376 e. The van der Waals surface area contributed by atoms with E-state index in [1.54, 1.807) is 18.0 Å². The van der Waals surface area contributed by atoms with Crippen molar-refractivity contribution in [1.29, 1.82) is 0 Å². The van der Waals surface area contributed by atoms with Crippen molar-refractivity contribution in [2.75, 3.05) is 18.1 Å². The standard InChI is InChI=1S/C20H19N3OS/c1-25-19-10-6-15(7-11-19)13-22-23-20(24)14-21-18-9-8-16-4-2-3-5-17(16)12-18/h2-13,21H,14H2,1H3,(H,23,24). The number of amides is 1. The predicted octanol–water partition coefficient (Wildman–Crippen LogP) is 4.12. The summed E-state index contributed by atoms with van der Waals surface area (Å²) in [4.78, 5) is 13.1. The molecule has 0 fully saturated rings. The van der Waals surface area contributed by atoms with Crippen molar-refractivity contribution >= 4 is 40.3 Å². The lowest BCUT2D eigenvalue weighted by Crippen LogP contribution is -2.25. The number of hydrogen-bond donors (Lipinski definition) is 2. The summed E-state index contributed by atoms with van der Waals surface area (Å²) in [7, 11) is 0. The van der Waals surface area contributed by atoms with Gasteiger partial charge in [0.1, 0.15) is 0 Å². The fourth-order valence-corrected chi connectivity index (χ4v) is 2.80. The van der Waals surface area contributed by atoms with E-state index in [9.17, 15) is 4.79 Å². The molecule has 3 rings (SSSR count). The molecule has 0 heterocycles. The number of nitrogens with one attached hydrogen (secondary N) is 2. The Balaban J connectivity index is 1.50. The molecule has 126 valence electrons. The molecular formula is C20H19N3OS. The molecular weight excluding hydrogens is 330 g/mol. The van der Waals surface area contributed by atoms with Gasteiger partial charge in [-0.15, -0.1) is 11.8 Å². The van der Waals surface area contributed by atoms with E-state index in [-0.39, 0.29) is 12.5 Å². The second-order valence-electron chi connectivity index (χ2n) is 5.48. The van der Waals surface area contributed by atoms with Crippen LogP contribution in [0, 0.1) is 0 Å². The maximum atomic E-state index is 11.9. The first kappa shape index (κ1) is 17.0. The monoisotopic (exact) mass is 349 g/mol. The number of rotatable bonds is 6. The Morgan fingerprint density at radius 1 is 1.04 bits per heavy atom. The Morgan fingerprint density at radius 3 is 2.56 bits per heavy atom. The van der Waals surface area contributed by atoms with Crippen LogP contribution in [0.2, 0.25) is 0 Å². The Hall–Kier alpha value is -2.79. The van der Waals surface area contributed by atoms with E-state index in [1.807, 2.05) is 66.9 Å². The average Bonchev–Trinajstić information content (AvgIpc) is 2.67. The molecule has 0 saturated heterocycles. The van der Waals surface area contributed by atoms with E-state index < -0.39 is 0 Å². The number of carbonyl (C=O) groups excluding carboxylic acids is 1. The third kappa shape index (κ3) is 4.84. The van der Waals surface area contributed by atoms with Gasteiger partial charge < -0.3 is 5.32 Å². The van der Waals surface area contributed by atoms with Gasteiger partial charge in [0.05, 0.1) is 12.8 Å². The van der Waals surface area contributed by atoms with E-state index in [2.05, 4.69) is 21.9 Å². The zero-order chi connectivity index (χ0) is 17.5. The van der Waals surface area contributed by atoms with Crippen molar-refractivity contribution in [3.63, 3.8) is 0 Å². The van der Waals surface area contributed by atoms with Crippen molar-refractivity contribution in [3.05, 3.63) is 72.3 Å². The van der Waals surface area contributed by atoms with Crippen LogP contribution in [-0.4, -0.2) is 24.9 Å². The predicted molar refractivity (Wildman–Crippen MR) is 106 cm³/mol. The van der Waals surface area contributed by atoms with Crippen LogP contribution in [0.3, 0.4) is 0 Å². The smallest absolute Gasteiger partial charge is 0.259 e. The van der Waals surface area contributed by atoms with Crippen molar-refractivity contribution in [2.45, 2.75) is 4.90 Å². The number of benzene rings is 3. The Morgan fingerprint density at radius 2 is 1.80 bits per heavy atom. The van der Waals surface area contributed by atoms with E-state index in [0.717, 1.165) is 16.6 Å². The van der Waals surface area contributed by atoms with Crippen molar-refractivity contribution in [3.8, 4) is 0 Å². The zero-order valence-corrected chi connectivity index (χ0v) is 14.7. The molecule has 0 aromatic heterocycles. The van der Waals surface area contributed by atoms with Crippen LogP contribution in [0.5, 0.6) is 0 Å². The lowest BCUT2D eigenvalue weighted by molar-refractivity contribution is -0.119. The molecule has 5 heteroatoms. The molecule has 0 bridgehead atoms. The van der Waals surface area contributed by atoms with Gasteiger partial charge in [0.2, 0.25) is 0 Å². The summed E-state index contributed by atoms with van der Waals surface area (Å²) in [5.41, 5.74) is 4.38. The largest absolute Gasteiger partial charge is 0.376 e. The second kappa shape index (κ2) is 8.35. The summed E-state index contributed by atoms with van der Waals surface area (Å²) < 4.78 is 0. The molecule has 0 atom stereocenters. The Labute approximate surface area is 151 Å². The molecule has 0 spiro atoms. The molecule has 25 heavy (non-hydrogen) atoms. The highest BCUT2D eigenvalue weighted by Crippen LogP contribution is 2.18. The molecule has 0 radical (unpaired) electrons. The highest BCUT2D eigenvalue weighted by molar-refractivity contribution is 7.98. The van der Waals surface area contributed by atoms with Crippen LogP contribution in [0.1, 0.15) is 5.56 Å². The lowest BCUT2D eigenvalue weighted by Gasteiger charge is -2.06. The fraction of sp³-hybridized carbons (Fsp3) is 0.100. The van der Waals surface area contributed by atoms with E-state index in [0.29, 0.717) is 0 Å². The summed E-state index contributed by atoms with van der Waals surface area (Å²) in [6.07, 6.45) is 3.67. The molecule has 0 unspecified atom stereocenters. The molecule has 3 aromatic rings. The first-order valence-corrected chi connectivity index (χ1v) is 9.16. The van der Waals surface area contributed by atoms with Crippen LogP contribution in [0.4, 0.5) is 5.69 Å². The number of thioether (sulfide) groups is 1. The van der Waals surface area contributed by atoms with Crippen LogP contribution < -0.4 is 10.7 Å². The van der Waals surface area contributed by atoms with Crippen molar-refractivity contribution in [1.82, 2.24) is 5.43 Å². The second-order valence-corrected chi connectivity index (χ2v) is 6.36. The van der Waals surface area contributed by atoms with Gasteiger partial charge in [0.15, 0.2) is 0 Å². The van der Waals surface area contributed by atoms with E-state index in [1.165, 1.54) is 10.3 Å². The summed E-state index contributed by atoms with van der Waals surface area (Å²) in [5.74, 6) is -0.190. The molecule has 0 aliphatic heterocycles. The van der Waals surface area contributed by atoms with Crippen LogP contribution in [0.15, 0.2) is 76.7 Å². The van der Waals surface area contributed by atoms with Gasteiger partial charge in [-0.1, -0.05) is 42.5 Å². The van der Waals surface area contributed by atoms with Gasteiger partial charge in [-0.3, -0.25) is 4.79 Å². The van der Waals surface area contributed by atoms with E-state index >= 15 is 0 Å². The summed E-state index contributed by atoms with van der Waals surface area (Å²) >= 11 is 1.69. The third-order valence-corrected chi connectivity index (χ3v) is 4.46. The molecule has 3 aromatic carbocycles. The highest BCUT2D eigenvalue weighted by Gasteiger charge is 2.00. The highest BCUT2D eigenvalue weighted by atomic mass is 32.2. The SMILES string of the molecule is CSc1ccc(C=NNC(=O)CNc2ccc3ccccc3c2)cc1. The first-order chi connectivity index (χ1) is 12.2. The number of hydrazone groups is 1. The van der Waals surface area contributed by atoms with Gasteiger partial charge >= 0.3 is 0 Å². The minimum atomic E-state index is -0.190. The van der Waals surface area contributed by atoms with Crippen LogP contribution >= 0.6 is 11.8 Å². The Kier molecular flexibility index (Phi) is 5.69. The number of nitrogens with zero attached hydrogens (tertiary/aromatic N) is 1. The van der Waals surface area contributed by atoms with E-state index in [4.69, 9.17) is 0 Å². The van der Waals surface area contributed by atoms with Crippen molar-refractivity contribution < 1.29 is 4.79 Å². The minimum absolute atomic E-state index is 0.168. The maximum absolute atomic E-state index is 11.9. The molecule has 4 nitrogen and oxygen atoms in total. The molecule has 0 aliphatic carbocycles. The fourth-order valence-electron chi connectivity index (χ4n) is 2.39. The van der Waals surface area contributed by atoms with Gasteiger partial charge in [0, 0.05) is 10.6 Å². The molecule has 2 N–H and O–H groups in total. The number of carbonyl (C=O) groups is 1. The summed E-state index contributed by atoms with van der Waals surface area (Å²) in [6, 6.07) is 22.1. The molecule has 0 saturated carbocycles. The number of anilines is 1. The first-order valence-electron chi connectivity index (χ1n) is 7.93. The number of fused-ring (bicyclic) bond motifs is 1. The van der Waals surface area contributed by atoms with Gasteiger partial charge in [-0.05, 0) is 46.9 Å². The number of hydrogen-bond acceptors (Lipinski definition) is 4. The Bertz CT molecular complexity index is 891. The quantitative estimate of drug-likeness (QED) is 0.400. The van der Waals surface area contributed by atoms with Crippen LogP contribution in [-0.2, 0) is 4.79 Å². The average molecular weight is 349 g/mol. The normalized spacial score (nSPS) is 10.9. The maximum Gasteiger partial charge on any atom is 0.259 e. The topological polar surface area (TPSA) is 53.5 Å². The van der Waals surface area contributed by atoms with Crippen LogP contribution in [0.25, 0.3) is 10.8 Å². The van der Waals surface area contributed by atoms with Gasteiger partial charge in [-0.2, -0.15) is 5.10 Å². The lowest BCUT2D eigenvalue weighted by atomic mass is 10.1. The molecule has 1 amide bonds. The molecule has 0 aliphatic rings. The van der Waals surface area contributed by atoms with Gasteiger partial charge in [-0.25, -0.2) is 5.43 Å².